The Hall–Kier alpha value is -2.04. The number of carbonyl (C=O) groups is 1. The molecule has 0 unspecified atom stereocenters. The van der Waals surface area contributed by atoms with Gasteiger partial charge in [-0.25, -0.2) is 9.97 Å². The third kappa shape index (κ3) is 1.73. The van der Waals surface area contributed by atoms with Gasteiger partial charge >= 0.3 is 0 Å². The molecule has 0 spiro atoms. The van der Waals surface area contributed by atoms with E-state index in [0.717, 1.165) is 24.2 Å². The Kier molecular flexibility index (Phi) is 2.24. The van der Waals surface area contributed by atoms with Gasteiger partial charge in [-0.2, -0.15) is 5.10 Å². The predicted molar refractivity (Wildman–Crippen MR) is 61.5 cm³/mol. The maximum Gasteiger partial charge on any atom is 0.180 e. The average molecular weight is 228 g/mol. The largest absolute Gasteiger partial charge is 0.294 e. The average Bonchev–Trinajstić information content (AvgIpc) is 2.76. The summed E-state index contributed by atoms with van der Waals surface area (Å²) in [5.41, 5.74) is 2.28. The van der Waals surface area contributed by atoms with Crippen molar-refractivity contribution in [2.45, 2.75) is 19.3 Å². The van der Waals surface area contributed by atoms with Crippen LogP contribution in [0.5, 0.6) is 0 Å². The van der Waals surface area contributed by atoms with E-state index in [1.807, 2.05) is 19.3 Å². The number of aryl methyl sites for hydroxylation is 2. The molecule has 0 saturated carbocycles. The molecule has 86 valence electrons. The molecule has 0 bridgehead atoms. The van der Waals surface area contributed by atoms with Gasteiger partial charge in [-0.05, 0) is 18.9 Å². The Morgan fingerprint density at radius 3 is 3.00 bits per heavy atom. The van der Waals surface area contributed by atoms with Gasteiger partial charge in [0.25, 0.3) is 0 Å². The number of ketones is 1. The molecule has 0 radical (unpaired) electrons. The molecule has 3 rings (SSSR count). The maximum atomic E-state index is 11.6. The molecule has 5 nitrogen and oxygen atoms in total. The molecule has 0 aliphatic heterocycles. The first kappa shape index (κ1) is 10.1. The molecule has 2 aromatic heterocycles. The van der Waals surface area contributed by atoms with Gasteiger partial charge in [0.2, 0.25) is 0 Å². The van der Waals surface area contributed by atoms with E-state index in [1.165, 1.54) is 0 Å². The SMILES string of the molecule is Cn1ccc(-c2ncc3c(n2)CCCC3=O)n1. The van der Waals surface area contributed by atoms with E-state index in [4.69, 9.17) is 0 Å². The van der Waals surface area contributed by atoms with E-state index in [1.54, 1.807) is 10.9 Å². The predicted octanol–water partition coefficient (Wildman–Crippen LogP) is 1.40. The van der Waals surface area contributed by atoms with Crippen molar-refractivity contribution in [2.24, 2.45) is 7.05 Å². The quantitative estimate of drug-likeness (QED) is 0.740. The van der Waals surface area contributed by atoms with Crippen LogP contribution in [0.15, 0.2) is 18.5 Å². The lowest BCUT2D eigenvalue weighted by atomic mass is 9.96. The number of rotatable bonds is 1. The van der Waals surface area contributed by atoms with Gasteiger partial charge in [0, 0.05) is 25.9 Å². The molecule has 0 fully saturated rings. The summed E-state index contributed by atoms with van der Waals surface area (Å²) in [6, 6.07) is 1.87. The van der Waals surface area contributed by atoms with Crippen molar-refractivity contribution >= 4 is 5.78 Å². The van der Waals surface area contributed by atoms with Crippen molar-refractivity contribution in [1.82, 2.24) is 19.7 Å². The molecule has 2 heterocycles. The minimum atomic E-state index is 0.152. The summed E-state index contributed by atoms with van der Waals surface area (Å²) in [6.07, 6.45) is 5.82. The Labute approximate surface area is 98.5 Å². The molecule has 1 aliphatic carbocycles. The number of hydrogen-bond donors (Lipinski definition) is 0. The van der Waals surface area contributed by atoms with Crippen LogP contribution in [0, 0.1) is 0 Å². The maximum absolute atomic E-state index is 11.6. The standard InChI is InChI=1S/C12H12N4O/c1-16-6-5-10(15-16)12-13-7-8-9(14-12)3-2-4-11(8)17/h5-7H,2-4H2,1H3. The minimum absolute atomic E-state index is 0.152. The van der Waals surface area contributed by atoms with Crippen LogP contribution in [0.1, 0.15) is 28.9 Å². The summed E-state index contributed by atoms with van der Waals surface area (Å²) in [7, 11) is 1.85. The summed E-state index contributed by atoms with van der Waals surface area (Å²) in [5.74, 6) is 0.748. The van der Waals surface area contributed by atoms with Crippen molar-refractivity contribution in [2.75, 3.05) is 0 Å². The van der Waals surface area contributed by atoms with E-state index < -0.39 is 0 Å². The van der Waals surface area contributed by atoms with Crippen LogP contribution in [-0.4, -0.2) is 25.5 Å². The lowest BCUT2D eigenvalue weighted by Gasteiger charge is -2.13. The first-order valence-electron chi connectivity index (χ1n) is 5.63. The van der Waals surface area contributed by atoms with Crippen molar-refractivity contribution < 1.29 is 4.79 Å². The van der Waals surface area contributed by atoms with Gasteiger partial charge in [0.15, 0.2) is 11.6 Å². The van der Waals surface area contributed by atoms with Crippen molar-refractivity contribution in [3.8, 4) is 11.5 Å². The Morgan fingerprint density at radius 1 is 1.35 bits per heavy atom. The fourth-order valence-corrected chi connectivity index (χ4v) is 2.05. The van der Waals surface area contributed by atoms with Crippen LogP contribution < -0.4 is 0 Å². The summed E-state index contributed by atoms with van der Waals surface area (Å²) >= 11 is 0. The highest BCUT2D eigenvalue weighted by Crippen LogP contribution is 2.21. The summed E-state index contributed by atoms with van der Waals surface area (Å²) in [6.45, 7) is 0. The molecule has 0 atom stereocenters. The smallest absolute Gasteiger partial charge is 0.180 e. The molecule has 0 amide bonds. The summed E-state index contributed by atoms with van der Waals surface area (Å²) < 4.78 is 1.71. The highest BCUT2D eigenvalue weighted by molar-refractivity contribution is 5.97. The first-order chi connectivity index (χ1) is 8.24. The van der Waals surface area contributed by atoms with Crippen molar-refractivity contribution in [1.29, 1.82) is 0 Å². The summed E-state index contributed by atoms with van der Waals surface area (Å²) in [5, 5.41) is 4.26. The third-order valence-corrected chi connectivity index (χ3v) is 2.93. The number of fused-ring (bicyclic) bond motifs is 1. The van der Waals surface area contributed by atoms with Gasteiger partial charge in [-0.3, -0.25) is 9.48 Å². The topological polar surface area (TPSA) is 60.7 Å². The second-order valence-electron chi connectivity index (χ2n) is 4.21. The van der Waals surface area contributed by atoms with E-state index in [-0.39, 0.29) is 5.78 Å². The lowest BCUT2D eigenvalue weighted by Crippen LogP contribution is -2.13. The van der Waals surface area contributed by atoms with E-state index >= 15 is 0 Å². The van der Waals surface area contributed by atoms with Crippen LogP contribution in [-0.2, 0) is 13.5 Å². The third-order valence-electron chi connectivity index (χ3n) is 2.93. The Bertz CT molecular complexity index is 588. The van der Waals surface area contributed by atoms with Crippen LogP contribution in [0.25, 0.3) is 11.5 Å². The van der Waals surface area contributed by atoms with Gasteiger partial charge in [0.1, 0.15) is 5.69 Å². The van der Waals surface area contributed by atoms with Gasteiger partial charge in [0.05, 0.1) is 11.3 Å². The normalized spacial score (nSPS) is 14.8. The fourth-order valence-electron chi connectivity index (χ4n) is 2.05. The van der Waals surface area contributed by atoms with Gasteiger partial charge in [-0.1, -0.05) is 0 Å². The Morgan fingerprint density at radius 2 is 2.24 bits per heavy atom. The van der Waals surface area contributed by atoms with Crippen LogP contribution in [0.2, 0.25) is 0 Å². The van der Waals surface area contributed by atoms with Gasteiger partial charge in [-0.15, -0.1) is 0 Å². The molecular weight excluding hydrogens is 216 g/mol. The van der Waals surface area contributed by atoms with Gasteiger partial charge < -0.3 is 0 Å². The summed E-state index contributed by atoms with van der Waals surface area (Å²) in [4.78, 5) is 20.3. The lowest BCUT2D eigenvalue weighted by molar-refractivity contribution is 0.0971. The zero-order valence-electron chi connectivity index (χ0n) is 9.55. The van der Waals surface area contributed by atoms with Crippen molar-refractivity contribution in [3.63, 3.8) is 0 Å². The van der Waals surface area contributed by atoms with E-state index in [9.17, 15) is 4.79 Å². The van der Waals surface area contributed by atoms with E-state index in [2.05, 4.69) is 15.1 Å². The van der Waals surface area contributed by atoms with Crippen LogP contribution in [0.4, 0.5) is 0 Å². The second kappa shape index (κ2) is 3.76. The van der Waals surface area contributed by atoms with Crippen LogP contribution in [0.3, 0.4) is 0 Å². The molecule has 0 aromatic carbocycles. The number of Topliss-reactive ketones (excluding diaryl/α,β-unsaturated/α-hetero) is 1. The number of nitrogens with zero attached hydrogens (tertiary/aromatic N) is 4. The van der Waals surface area contributed by atoms with Crippen molar-refractivity contribution in [3.05, 3.63) is 29.7 Å². The molecule has 0 N–H and O–H groups in total. The van der Waals surface area contributed by atoms with E-state index in [0.29, 0.717) is 17.8 Å². The monoisotopic (exact) mass is 228 g/mol. The molecule has 2 aromatic rings. The number of carbonyl (C=O) groups excluding carboxylic acids is 1. The second-order valence-corrected chi connectivity index (χ2v) is 4.21. The molecule has 17 heavy (non-hydrogen) atoms. The Balaban J connectivity index is 2.06. The minimum Gasteiger partial charge on any atom is -0.294 e. The fraction of sp³-hybridized carbons (Fsp3) is 0.333. The highest BCUT2D eigenvalue weighted by Gasteiger charge is 2.19. The number of aromatic nitrogens is 4. The van der Waals surface area contributed by atoms with Crippen LogP contribution >= 0.6 is 0 Å². The molecule has 5 heteroatoms. The first-order valence-corrected chi connectivity index (χ1v) is 5.63. The highest BCUT2D eigenvalue weighted by atomic mass is 16.1. The molecular formula is C12H12N4O. The number of hydrogen-bond acceptors (Lipinski definition) is 4. The zero-order chi connectivity index (χ0) is 11.8. The molecule has 0 saturated heterocycles. The molecule has 1 aliphatic rings. The zero-order valence-corrected chi connectivity index (χ0v) is 9.55.